The lowest BCUT2D eigenvalue weighted by Gasteiger charge is -2.30. The molecule has 1 aliphatic rings. The van der Waals surface area contributed by atoms with Crippen LogP contribution in [-0.2, 0) is 0 Å². The minimum absolute atomic E-state index is 0. The molecule has 1 saturated heterocycles. The molecule has 0 bridgehead atoms. The van der Waals surface area contributed by atoms with Crippen molar-refractivity contribution in [3.63, 3.8) is 0 Å². The summed E-state index contributed by atoms with van der Waals surface area (Å²) < 4.78 is 0. The Bertz CT molecular complexity index is 317. The summed E-state index contributed by atoms with van der Waals surface area (Å²) in [6.07, 6.45) is 5.13. The number of likely N-dealkylation sites (N-methyl/N-ethyl adjacent to an activating group) is 1. The molecule has 144 valence electrons. The van der Waals surface area contributed by atoms with Crippen LogP contribution in [0.4, 0.5) is 0 Å². The zero-order valence-electron chi connectivity index (χ0n) is 16.3. The normalized spacial score (nSPS) is 17.0. The number of aliphatic imine (C=N–C) groups is 1. The topological polar surface area (TPSA) is 42.9 Å². The first-order chi connectivity index (χ1) is 11.2. The molecule has 0 aliphatic carbocycles. The second kappa shape index (κ2) is 15.2. The Labute approximate surface area is 167 Å². The van der Waals surface area contributed by atoms with Gasteiger partial charge in [-0.3, -0.25) is 4.99 Å². The fourth-order valence-corrected chi connectivity index (χ4v) is 3.09. The number of hydrogen-bond acceptors (Lipinski definition) is 3. The van der Waals surface area contributed by atoms with Gasteiger partial charge < -0.3 is 20.4 Å². The molecule has 0 amide bonds. The highest BCUT2D eigenvalue weighted by Crippen LogP contribution is 2.15. The second-order valence-corrected chi connectivity index (χ2v) is 6.74. The zero-order chi connectivity index (χ0) is 16.9. The van der Waals surface area contributed by atoms with Crippen LogP contribution in [0.2, 0.25) is 0 Å². The van der Waals surface area contributed by atoms with E-state index in [1.54, 1.807) is 0 Å². The Kier molecular flexibility index (Phi) is 15.1. The summed E-state index contributed by atoms with van der Waals surface area (Å²) in [7, 11) is 1.85. The third kappa shape index (κ3) is 10.7. The standard InChI is InChI=1S/C18H39N5.HI/c1-5-12-22(6-2)16-11-21-18(19-4)20-10-7-13-23-14-8-17(3)9-15-23;/h17H,5-16H2,1-4H3,(H2,19,20,21);1H. The van der Waals surface area contributed by atoms with E-state index in [1.807, 2.05) is 7.05 Å². The minimum atomic E-state index is 0. The van der Waals surface area contributed by atoms with Crippen molar-refractivity contribution in [2.45, 2.75) is 46.5 Å². The Hall–Kier alpha value is -0.0800. The van der Waals surface area contributed by atoms with Crippen LogP contribution in [-0.4, -0.2) is 75.2 Å². The number of halogens is 1. The lowest BCUT2D eigenvalue weighted by molar-refractivity contribution is 0.191. The maximum Gasteiger partial charge on any atom is 0.191 e. The summed E-state index contributed by atoms with van der Waals surface area (Å²) in [6.45, 7) is 15.9. The van der Waals surface area contributed by atoms with E-state index >= 15 is 0 Å². The molecular weight excluding hydrogens is 413 g/mol. The van der Waals surface area contributed by atoms with Crippen LogP contribution in [0.15, 0.2) is 4.99 Å². The van der Waals surface area contributed by atoms with Gasteiger partial charge in [-0.2, -0.15) is 0 Å². The molecule has 0 unspecified atom stereocenters. The van der Waals surface area contributed by atoms with Gasteiger partial charge in [-0.05, 0) is 64.3 Å². The highest BCUT2D eigenvalue weighted by molar-refractivity contribution is 14.0. The van der Waals surface area contributed by atoms with E-state index in [-0.39, 0.29) is 24.0 Å². The first kappa shape index (κ1) is 23.9. The average molecular weight is 453 g/mol. The number of hydrogen-bond donors (Lipinski definition) is 2. The third-order valence-corrected chi connectivity index (χ3v) is 4.75. The van der Waals surface area contributed by atoms with Gasteiger partial charge in [0.15, 0.2) is 5.96 Å². The third-order valence-electron chi connectivity index (χ3n) is 4.75. The van der Waals surface area contributed by atoms with E-state index in [9.17, 15) is 0 Å². The van der Waals surface area contributed by atoms with Crippen molar-refractivity contribution in [3.8, 4) is 0 Å². The number of nitrogens with one attached hydrogen (secondary N) is 2. The molecule has 0 radical (unpaired) electrons. The van der Waals surface area contributed by atoms with Gasteiger partial charge in [0, 0.05) is 26.7 Å². The van der Waals surface area contributed by atoms with Gasteiger partial charge in [0.2, 0.25) is 0 Å². The molecular formula is C18H40IN5. The van der Waals surface area contributed by atoms with Gasteiger partial charge in [0.05, 0.1) is 0 Å². The van der Waals surface area contributed by atoms with Crippen molar-refractivity contribution in [2.75, 3.05) is 59.4 Å². The fraction of sp³-hybridized carbons (Fsp3) is 0.944. The number of guanidine groups is 1. The molecule has 1 aliphatic heterocycles. The van der Waals surface area contributed by atoms with Crippen molar-refractivity contribution in [2.24, 2.45) is 10.9 Å². The summed E-state index contributed by atoms with van der Waals surface area (Å²) in [5.41, 5.74) is 0. The maximum atomic E-state index is 4.31. The molecule has 24 heavy (non-hydrogen) atoms. The molecule has 1 fully saturated rings. The van der Waals surface area contributed by atoms with E-state index in [4.69, 9.17) is 0 Å². The van der Waals surface area contributed by atoms with Crippen LogP contribution in [0.3, 0.4) is 0 Å². The Morgan fingerprint density at radius 3 is 2.38 bits per heavy atom. The monoisotopic (exact) mass is 453 g/mol. The first-order valence-corrected chi connectivity index (χ1v) is 9.58. The molecule has 0 aromatic heterocycles. The molecule has 0 aromatic carbocycles. The van der Waals surface area contributed by atoms with Crippen LogP contribution in [0.25, 0.3) is 0 Å². The van der Waals surface area contributed by atoms with Crippen LogP contribution < -0.4 is 10.6 Å². The van der Waals surface area contributed by atoms with E-state index < -0.39 is 0 Å². The molecule has 1 rings (SSSR count). The van der Waals surface area contributed by atoms with Gasteiger partial charge >= 0.3 is 0 Å². The van der Waals surface area contributed by atoms with Crippen LogP contribution in [0.1, 0.15) is 46.5 Å². The molecule has 0 spiro atoms. The largest absolute Gasteiger partial charge is 0.356 e. The highest BCUT2D eigenvalue weighted by Gasteiger charge is 2.14. The summed E-state index contributed by atoms with van der Waals surface area (Å²) in [4.78, 5) is 9.38. The zero-order valence-corrected chi connectivity index (χ0v) is 18.6. The van der Waals surface area contributed by atoms with E-state index in [2.05, 4.69) is 46.2 Å². The average Bonchev–Trinajstić information content (AvgIpc) is 2.57. The summed E-state index contributed by atoms with van der Waals surface area (Å²) >= 11 is 0. The fourth-order valence-electron chi connectivity index (χ4n) is 3.09. The molecule has 0 aromatic rings. The Morgan fingerprint density at radius 2 is 1.79 bits per heavy atom. The van der Waals surface area contributed by atoms with E-state index in [0.29, 0.717) is 0 Å². The number of likely N-dealkylation sites (tertiary alicyclic amines) is 1. The van der Waals surface area contributed by atoms with Crippen molar-refractivity contribution < 1.29 is 0 Å². The van der Waals surface area contributed by atoms with Crippen molar-refractivity contribution >= 4 is 29.9 Å². The molecule has 0 saturated carbocycles. The number of nitrogens with zero attached hydrogens (tertiary/aromatic N) is 3. The predicted molar refractivity (Wildman–Crippen MR) is 117 cm³/mol. The maximum absolute atomic E-state index is 4.31. The van der Waals surface area contributed by atoms with Gasteiger partial charge in [0.25, 0.3) is 0 Å². The smallest absolute Gasteiger partial charge is 0.191 e. The quantitative estimate of drug-likeness (QED) is 0.231. The van der Waals surface area contributed by atoms with Crippen LogP contribution >= 0.6 is 24.0 Å². The highest BCUT2D eigenvalue weighted by atomic mass is 127. The van der Waals surface area contributed by atoms with Crippen LogP contribution in [0, 0.1) is 5.92 Å². The van der Waals surface area contributed by atoms with Crippen LogP contribution in [0.5, 0.6) is 0 Å². The van der Waals surface area contributed by atoms with Gasteiger partial charge in [-0.25, -0.2) is 0 Å². The van der Waals surface area contributed by atoms with E-state index in [1.165, 1.54) is 51.9 Å². The first-order valence-electron chi connectivity index (χ1n) is 9.58. The molecule has 5 nitrogen and oxygen atoms in total. The predicted octanol–water partition coefficient (Wildman–Crippen LogP) is 2.62. The second-order valence-electron chi connectivity index (χ2n) is 6.74. The van der Waals surface area contributed by atoms with Gasteiger partial charge in [-0.1, -0.05) is 20.8 Å². The van der Waals surface area contributed by atoms with Gasteiger partial charge in [0.1, 0.15) is 0 Å². The lowest BCUT2D eigenvalue weighted by atomic mass is 9.99. The lowest BCUT2D eigenvalue weighted by Crippen LogP contribution is -2.42. The Balaban J connectivity index is 0.00000529. The van der Waals surface area contributed by atoms with Crippen molar-refractivity contribution in [1.82, 2.24) is 20.4 Å². The molecule has 0 atom stereocenters. The van der Waals surface area contributed by atoms with E-state index in [0.717, 1.165) is 38.1 Å². The summed E-state index contributed by atoms with van der Waals surface area (Å²) in [5, 5.41) is 6.86. The molecule has 6 heteroatoms. The summed E-state index contributed by atoms with van der Waals surface area (Å²) in [6, 6.07) is 0. The number of rotatable bonds is 10. The van der Waals surface area contributed by atoms with Gasteiger partial charge in [-0.15, -0.1) is 24.0 Å². The van der Waals surface area contributed by atoms with Crippen molar-refractivity contribution in [3.05, 3.63) is 0 Å². The molecule has 1 heterocycles. The molecule has 2 N–H and O–H groups in total. The number of piperidine rings is 1. The SMILES string of the molecule is CCCN(CC)CCNC(=NC)NCCCN1CCC(C)CC1.I. The Morgan fingerprint density at radius 1 is 1.12 bits per heavy atom. The van der Waals surface area contributed by atoms with Crippen molar-refractivity contribution in [1.29, 1.82) is 0 Å². The summed E-state index contributed by atoms with van der Waals surface area (Å²) in [5.74, 6) is 1.85. The minimum Gasteiger partial charge on any atom is -0.356 e.